The maximum Gasteiger partial charge on any atom is 0.283 e. The van der Waals surface area contributed by atoms with Crippen molar-refractivity contribution in [3.05, 3.63) is 36.4 Å². The Labute approximate surface area is 159 Å². The Hall–Kier alpha value is -3.20. The summed E-state index contributed by atoms with van der Waals surface area (Å²) in [6, 6.07) is 10.8. The van der Waals surface area contributed by atoms with E-state index >= 15 is 0 Å². The molecule has 0 radical (unpaired) electrons. The minimum atomic E-state index is -0.758. The van der Waals surface area contributed by atoms with Crippen molar-refractivity contribution in [3.63, 3.8) is 0 Å². The van der Waals surface area contributed by atoms with Crippen LogP contribution in [0.3, 0.4) is 0 Å². The van der Waals surface area contributed by atoms with Gasteiger partial charge in [0.1, 0.15) is 28.3 Å². The first-order valence-corrected chi connectivity index (χ1v) is 8.97. The second kappa shape index (κ2) is 7.20. The van der Waals surface area contributed by atoms with Gasteiger partial charge < -0.3 is 18.9 Å². The zero-order chi connectivity index (χ0) is 18.8. The van der Waals surface area contributed by atoms with Crippen LogP contribution < -0.4 is 29.8 Å². The number of fused-ring (bicyclic) bond motifs is 2. The Morgan fingerprint density at radius 1 is 1.15 bits per heavy atom. The monoisotopic (exact) mass is 387 g/mol. The summed E-state index contributed by atoms with van der Waals surface area (Å²) in [5, 5.41) is 0.498. The molecule has 2 N–H and O–H groups in total. The number of benzene rings is 2. The highest BCUT2D eigenvalue weighted by molar-refractivity contribution is 7.22. The molecule has 1 aliphatic rings. The van der Waals surface area contributed by atoms with E-state index in [-0.39, 0.29) is 12.5 Å². The minimum absolute atomic E-state index is 0.131. The third kappa shape index (κ3) is 3.28. The lowest BCUT2D eigenvalue weighted by atomic mass is 10.2. The highest BCUT2D eigenvalue weighted by Crippen LogP contribution is 2.38. The van der Waals surface area contributed by atoms with E-state index in [1.807, 2.05) is 18.2 Å². The zero-order valence-corrected chi connectivity index (χ0v) is 15.5. The van der Waals surface area contributed by atoms with Gasteiger partial charge >= 0.3 is 0 Å². The third-order valence-corrected chi connectivity index (χ3v) is 4.99. The molecule has 4 rings (SSSR count). The molecule has 0 saturated heterocycles. The fourth-order valence-corrected chi connectivity index (χ4v) is 3.61. The number of thiazole rings is 1. The van der Waals surface area contributed by atoms with Crippen LogP contribution in [0.25, 0.3) is 10.2 Å². The molecule has 0 bridgehead atoms. The Morgan fingerprint density at radius 2 is 1.89 bits per heavy atom. The first-order chi connectivity index (χ1) is 13.2. The van der Waals surface area contributed by atoms with E-state index in [2.05, 4.69) is 15.8 Å². The van der Waals surface area contributed by atoms with Crippen molar-refractivity contribution in [3.8, 4) is 23.0 Å². The standard InChI is InChI=1S/C18H17N3O5S/c1-23-12-7-8-13(24-2)16-15(12)19-18(27-16)21-20-17(22)14-9-25-10-5-3-4-6-11(10)26-14/h3-8,14H,9H2,1-2H3,(H,19,21)(H,20,22)/t14-/m0/s1. The van der Waals surface area contributed by atoms with Gasteiger partial charge in [-0.25, -0.2) is 4.98 Å². The third-order valence-electron chi connectivity index (χ3n) is 4.00. The maximum atomic E-state index is 12.4. The molecule has 9 heteroatoms. The molecule has 1 aromatic heterocycles. The van der Waals surface area contributed by atoms with Crippen molar-refractivity contribution in [2.24, 2.45) is 0 Å². The van der Waals surface area contributed by atoms with Gasteiger partial charge in [-0.05, 0) is 24.3 Å². The zero-order valence-electron chi connectivity index (χ0n) is 14.6. The number of aromatic nitrogens is 1. The average molecular weight is 387 g/mol. The summed E-state index contributed by atoms with van der Waals surface area (Å²) < 4.78 is 22.7. The second-order valence-electron chi connectivity index (χ2n) is 5.65. The first kappa shape index (κ1) is 17.2. The van der Waals surface area contributed by atoms with Gasteiger partial charge in [0.2, 0.25) is 11.2 Å². The number of nitrogens with zero attached hydrogens (tertiary/aromatic N) is 1. The molecule has 3 aromatic rings. The normalized spacial score (nSPS) is 15.3. The Kier molecular flexibility index (Phi) is 4.59. The number of hydrogen-bond acceptors (Lipinski definition) is 8. The number of nitrogens with one attached hydrogen (secondary N) is 2. The second-order valence-corrected chi connectivity index (χ2v) is 6.64. The van der Waals surface area contributed by atoms with E-state index in [1.165, 1.54) is 11.3 Å². The molecule has 27 heavy (non-hydrogen) atoms. The lowest BCUT2D eigenvalue weighted by Crippen LogP contribution is -2.45. The molecule has 0 aliphatic carbocycles. The van der Waals surface area contributed by atoms with Gasteiger partial charge in [0.25, 0.3) is 5.91 Å². The Morgan fingerprint density at radius 3 is 2.67 bits per heavy atom. The summed E-state index contributed by atoms with van der Waals surface area (Å²) in [6.07, 6.45) is -0.758. The van der Waals surface area contributed by atoms with Crippen LogP contribution in [0, 0.1) is 0 Å². The number of methoxy groups -OCH3 is 2. The van der Waals surface area contributed by atoms with Crippen LogP contribution in [-0.4, -0.2) is 37.8 Å². The predicted octanol–water partition coefficient (Wildman–Crippen LogP) is 2.60. The SMILES string of the molecule is COc1ccc(OC)c2sc(NNC(=O)[C@@H]3COc4ccccc4O3)nc12. The van der Waals surface area contributed by atoms with E-state index in [4.69, 9.17) is 18.9 Å². The summed E-state index contributed by atoms with van der Waals surface area (Å²) >= 11 is 1.34. The quantitative estimate of drug-likeness (QED) is 0.650. The number of anilines is 1. The summed E-state index contributed by atoms with van der Waals surface area (Å²) in [5.41, 5.74) is 6.08. The van der Waals surface area contributed by atoms with E-state index in [0.29, 0.717) is 33.6 Å². The number of para-hydroxylation sites is 2. The molecule has 140 valence electrons. The highest BCUT2D eigenvalue weighted by Gasteiger charge is 2.27. The molecule has 1 amide bonds. The summed E-state index contributed by atoms with van der Waals surface area (Å²) in [4.78, 5) is 16.9. The minimum Gasteiger partial charge on any atom is -0.495 e. The Balaban J connectivity index is 1.46. The van der Waals surface area contributed by atoms with Gasteiger partial charge in [-0.15, -0.1) is 0 Å². The molecule has 1 aliphatic heterocycles. The summed E-state index contributed by atoms with van der Waals surface area (Å²) in [5.74, 6) is 2.12. The summed E-state index contributed by atoms with van der Waals surface area (Å²) in [6.45, 7) is 0.131. The van der Waals surface area contributed by atoms with Gasteiger partial charge in [-0.1, -0.05) is 23.5 Å². The van der Waals surface area contributed by atoms with Crippen LogP contribution in [0.15, 0.2) is 36.4 Å². The molecule has 0 unspecified atom stereocenters. The van der Waals surface area contributed by atoms with Crippen molar-refractivity contribution < 1.29 is 23.7 Å². The smallest absolute Gasteiger partial charge is 0.283 e. The average Bonchev–Trinajstić information content (AvgIpc) is 3.15. The van der Waals surface area contributed by atoms with E-state index < -0.39 is 6.10 Å². The molecular weight excluding hydrogens is 370 g/mol. The number of carbonyl (C=O) groups excluding carboxylic acids is 1. The molecule has 0 fully saturated rings. The van der Waals surface area contributed by atoms with Gasteiger partial charge in [0.05, 0.1) is 14.2 Å². The molecule has 2 heterocycles. The summed E-state index contributed by atoms with van der Waals surface area (Å²) in [7, 11) is 3.17. The van der Waals surface area contributed by atoms with Crippen LogP contribution in [0.4, 0.5) is 5.13 Å². The van der Waals surface area contributed by atoms with Crippen LogP contribution in [-0.2, 0) is 4.79 Å². The topological polar surface area (TPSA) is 90.9 Å². The number of hydrazine groups is 1. The lowest BCUT2D eigenvalue weighted by Gasteiger charge is -2.25. The molecule has 8 nitrogen and oxygen atoms in total. The Bertz CT molecular complexity index is 949. The van der Waals surface area contributed by atoms with Gasteiger partial charge in [-0.3, -0.25) is 15.6 Å². The fraction of sp³-hybridized carbons (Fsp3) is 0.222. The lowest BCUT2D eigenvalue weighted by molar-refractivity contribution is -0.129. The molecule has 1 atom stereocenters. The fourth-order valence-electron chi connectivity index (χ4n) is 2.68. The number of hydrogen-bond donors (Lipinski definition) is 2. The van der Waals surface area contributed by atoms with E-state index in [0.717, 1.165) is 4.70 Å². The molecule has 2 aromatic carbocycles. The van der Waals surface area contributed by atoms with E-state index in [9.17, 15) is 4.79 Å². The number of rotatable bonds is 5. The van der Waals surface area contributed by atoms with Crippen LogP contribution in [0.5, 0.6) is 23.0 Å². The first-order valence-electron chi connectivity index (χ1n) is 8.15. The number of ether oxygens (including phenoxy) is 4. The largest absolute Gasteiger partial charge is 0.495 e. The van der Waals surface area contributed by atoms with Crippen LogP contribution in [0.1, 0.15) is 0 Å². The highest BCUT2D eigenvalue weighted by atomic mass is 32.1. The number of carbonyl (C=O) groups is 1. The van der Waals surface area contributed by atoms with E-state index in [1.54, 1.807) is 32.4 Å². The van der Waals surface area contributed by atoms with Crippen molar-refractivity contribution in [2.45, 2.75) is 6.10 Å². The van der Waals surface area contributed by atoms with Crippen LogP contribution in [0.2, 0.25) is 0 Å². The molecular formula is C18H17N3O5S. The predicted molar refractivity (Wildman–Crippen MR) is 101 cm³/mol. The van der Waals surface area contributed by atoms with Crippen molar-refractivity contribution in [1.29, 1.82) is 0 Å². The van der Waals surface area contributed by atoms with Gasteiger partial charge in [0.15, 0.2) is 11.5 Å². The van der Waals surface area contributed by atoms with Crippen molar-refractivity contribution >= 4 is 32.6 Å². The maximum absolute atomic E-state index is 12.4. The molecule has 0 saturated carbocycles. The molecule has 0 spiro atoms. The van der Waals surface area contributed by atoms with Gasteiger partial charge in [0, 0.05) is 0 Å². The van der Waals surface area contributed by atoms with Crippen molar-refractivity contribution in [1.82, 2.24) is 10.4 Å². The van der Waals surface area contributed by atoms with Crippen molar-refractivity contribution in [2.75, 3.05) is 26.3 Å². The van der Waals surface area contributed by atoms with Crippen LogP contribution >= 0.6 is 11.3 Å². The number of amides is 1. The van der Waals surface area contributed by atoms with Gasteiger partial charge in [-0.2, -0.15) is 0 Å².